The first kappa shape index (κ1) is 33.9. The smallest absolute Gasteiger partial charge is 0.171 e. The van der Waals surface area contributed by atoms with Crippen LogP contribution in [0.4, 0.5) is 0 Å². The highest BCUT2D eigenvalue weighted by Crippen LogP contribution is 2.43. The second-order valence-corrected chi connectivity index (χ2v) is 16.5. The van der Waals surface area contributed by atoms with Gasteiger partial charge in [-0.1, -0.05) is 164 Å². The van der Waals surface area contributed by atoms with E-state index in [1.54, 1.807) is 0 Å². The number of nitrogens with zero attached hydrogens (tertiary/aromatic N) is 3. The van der Waals surface area contributed by atoms with Crippen molar-refractivity contribution in [2.24, 2.45) is 3.21 Å². The molecule has 0 aliphatic heterocycles. The fraction of sp³-hybridized carbons (Fsp3) is 0. The fourth-order valence-electron chi connectivity index (χ4n) is 7.25. The third-order valence-corrected chi connectivity index (χ3v) is 13.5. The molecule has 0 aliphatic rings. The Morgan fingerprint density at radius 3 is 1.57 bits per heavy atom. The number of rotatable bonds is 7. The van der Waals surface area contributed by atoms with Gasteiger partial charge in [-0.3, -0.25) is 4.57 Å². The maximum atomic E-state index is 15.0. The van der Waals surface area contributed by atoms with Gasteiger partial charge in [-0.25, -0.2) is 4.98 Å². The summed E-state index contributed by atoms with van der Waals surface area (Å²) in [5, 5.41) is 5.65. The summed E-state index contributed by atoms with van der Waals surface area (Å²) in [5.74, 6) is 0.842. The first-order valence-corrected chi connectivity index (χ1v) is 20.5. The number of hydrogen-bond acceptors (Lipinski definition) is 3. The quantitative estimate of drug-likeness (QED) is 0.119. The summed E-state index contributed by atoms with van der Waals surface area (Å²) in [6.45, 7) is 0. The number of fused-ring (bicyclic) bond motifs is 2. The Morgan fingerprint density at radius 1 is 0.463 bits per heavy atom. The van der Waals surface area contributed by atoms with Gasteiger partial charge >= 0.3 is 0 Å². The van der Waals surface area contributed by atoms with Gasteiger partial charge in [-0.2, -0.15) is 3.21 Å². The van der Waals surface area contributed by atoms with Crippen LogP contribution in [0.15, 0.2) is 203 Å². The van der Waals surface area contributed by atoms with Crippen LogP contribution in [-0.2, 0) is 4.57 Å². The highest BCUT2D eigenvalue weighted by atomic mass is 127. The highest BCUT2D eigenvalue weighted by Gasteiger charge is 2.29. The molecule has 0 N–H and O–H groups in total. The molecule has 0 radical (unpaired) electrons. The van der Waals surface area contributed by atoms with Crippen LogP contribution in [0.1, 0.15) is 0 Å². The summed E-state index contributed by atoms with van der Waals surface area (Å²) < 4.78 is 21.9. The predicted octanol–water partition coefficient (Wildman–Crippen LogP) is 11.1. The summed E-state index contributed by atoms with van der Waals surface area (Å²) >= 11 is 2.11. The lowest BCUT2D eigenvalue weighted by molar-refractivity contribution is 0.592. The van der Waals surface area contributed by atoms with Gasteiger partial charge in [0.15, 0.2) is 12.6 Å². The van der Waals surface area contributed by atoms with Crippen LogP contribution in [0, 0.1) is 0 Å². The molecule has 1 heterocycles. The first-order chi connectivity index (χ1) is 26.6. The number of benzene rings is 8. The SMILES string of the molecule is O=P(c1ccccc1)(c1ccccc1)c1ccc2cc(-c3ccc(-c4ccc5nc(-c6ccccc6)n(-c6ccccc6)/c(=N\I)c5c4)cc3)ccc2c1. The molecule has 9 rings (SSSR count). The lowest BCUT2D eigenvalue weighted by Gasteiger charge is -2.20. The number of para-hydroxylation sites is 1. The van der Waals surface area contributed by atoms with Crippen LogP contribution in [0.3, 0.4) is 0 Å². The van der Waals surface area contributed by atoms with E-state index in [1.165, 1.54) is 0 Å². The summed E-state index contributed by atoms with van der Waals surface area (Å²) in [7, 11) is -3.05. The molecule has 1 aromatic heterocycles. The minimum Gasteiger partial charge on any atom is -0.309 e. The van der Waals surface area contributed by atoms with E-state index in [0.29, 0.717) is 0 Å². The third-order valence-electron chi connectivity index (χ3n) is 9.99. The lowest BCUT2D eigenvalue weighted by Crippen LogP contribution is -2.24. The zero-order valence-electron chi connectivity index (χ0n) is 29.1. The molecule has 4 nitrogen and oxygen atoms in total. The zero-order valence-corrected chi connectivity index (χ0v) is 32.2. The molecule has 0 spiro atoms. The Bertz CT molecular complexity index is 2850. The highest BCUT2D eigenvalue weighted by molar-refractivity contribution is 14.1. The van der Waals surface area contributed by atoms with Crippen LogP contribution in [0.5, 0.6) is 0 Å². The molecule has 8 aromatic carbocycles. The Balaban J connectivity index is 1.07. The fourth-order valence-corrected chi connectivity index (χ4v) is 10.4. The third kappa shape index (κ3) is 6.19. The predicted molar refractivity (Wildman–Crippen MR) is 234 cm³/mol. The molecule has 6 heteroatoms. The summed E-state index contributed by atoms with van der Waals surface area (Å²) in [6.07, 6.45) is 0. The van der Waals surface area contributed by atoms with Crippen LogP contribution in [0.25, 0.3) is 61.0 Å². The minimum atomic E-state index is -3.05. The first-order valence-electron chi connectivity index (χ1n) is 17.8. The molecule has 258 valence electrons. The Morgan fingerprint density at radius 2 is 0.963 bits per heavy atom. The Hall–Kier alpha value is -5.88. The van der Waals surface area contributed by atoms with Gasteiger partial charge in [-0.05, 0) is 69.4 Å². The summed E-state index contributed by atoms with van der Waals surface area (Å²) in [4.78, 5) is 5.18. The molecular weight excluding hydrogens is 792 g/mol. The van der Waals surface area contributed by atoms with Crippen molar-refractivity contribution in [2.75, 3.05) is 0 Å². The van der Waals surface area contributed by atoms with Crippen molar-refractivity contribution in [3.63, 3.8) is 0 Å². The van der Waals surface area contributed by atoms with Crippen molar-refractivity contribution < 1.29 is 4.57 Å². The number of halogens is 1. The van der Waals surface area contributed by atoms with E-state index in [9.17, 15) is 4.57 Å². The lowest BCUT2D eigenvalue weighted by atomic mass is 9.98. The van der Waals surface area contributed by atoms with Gasteiger partial charge in [0, 0.05) is 32.6 Å². The van der Waals surface area contributed by atoms with Gasteiger partial charge in [0.1, 0.15) is 5.82 Å². The largest absolute Gasteiger partial charge is 0.309 e. The van der Waals surface area contributed by atoms with Crippen molar-refractivity contribution >= 4 is 67.6 Å². The van der Waals surface area contributed by atoms with Crippen molar-refractivity contribution in [2.45, 2.75) is 0 Å². The zero-order chi connectivity index (χ0) is 36.5. The van der Waals surface area contributed by atoms with E-state index in [4.69, 9.17) is 8.19 Å². The molecule has 54 heavy (non-hydrogen) atoms. The molecule has 0 bridgehead atoms. The van der Waals surface area contributed by atoms with Gasteiger partial charge in [0.05, 0.1) is 28.4 Å². The van der Waals surface area contributed by atoms with E-state index in [-0.39, 0.29) is 0 Å². The maximum Gasteiger partial charge on any atom is 0.171 e. The molecule has 0 saturated heterocycles. The van der Waals surface area contributed by atoms with E-state index in [2.05, 4.69) is 124 Å². The molecule has 0 fully saturated rings. The topological polar surface area (TPSA) is 47.2 Å². The van der Waals surface area contributed by atoms with Gasteiger partial charge in [0.2, 0.25) is 0 Å². The van der Waals surface area contributed by atoms with E-state index in [0.717, 1.165) is 82.4 Å². The molecule has 0 amide bonds. The van der Waals surface area contributed by atoms with Crippen LogP contribution < -0.4 is 21.4 Å². The van der Waals surface area contributed by atoms with Gasteiger partial charge < -0.3 is 4.57 Å². The monoisotopic (exact) mass is 825 g/mol. The Kier molecular flexibility index (Phi) is 9.11. The van der Waals surface area contributed by atoms with E-state index < -0.39 is 7.14 Å². The normalized spacial score (nSPS) is 12.0. The summed E-state index contributed by atoms with van der Waals surface area (Å²) in [5.41, 5.74) is 8.22. The summed E-state index contributed by atoms with van der Waals surface area (Å²) in [6, 6.07) is 68.1. The second-order valence-electron chi connectivity index (χ2n) is 13.2. The van der Waals surface area contributed by atoms with Crippen LogP contribution in [0.2, 0.25) is 0 Å². The molecule has 0 atom stereocenters. The standard InChI is InChI=1S/C48H33IN3OP/c49-51-48-45-33-40(28-30-46(45)50-47(36-13-5-1-6-14-36)52(48)41-15-7-2-8-16-41)35-23-21-34(22-24-35)37-25-26-39-32-44(29-27-38(39)31-37)54(53,42-17-9-3-10-18-42)43-19-11-4-12-20-43/h1-33H/b51-48-. The van der Waals surface area contributed by atoms with Crippen LogP contribution >= 0.6 is 30.0 Å². The molecule has 9 aromatic rings. The maximum absolute atomic E-state index is 15.0. The molecule has 0 unspecified atom stereocenters. The van der Waals surface area contributed by atoms with Gasteiger partial charge in [-0.15, -0.1) is 0 Å². The van der Waals surface area contributed by atoms with E-state index in [1.807, 2.05) is 103 Å². The molecule has 0 saturated carbocycles. The van der Waals surface area contributed by atoms with Crippen molar-refractivity contribution in [3.8, 4) is 39.3 Å². The molecular formula is C48H33IN3OP. The number of aromatic nitrogens is 2. The Labute approximate surface area is 328 Å². The minimum absolute atomic E-state index is 0.833. The van der Waals surface area contributed by atoms with Crippen molar-refractivity contribution in [1.29, 1.82) is 0 Å². The number of hydrogen-bond donors (Lipinski definition) is 0. The van der Waals surface area contributed by atoms with Crippen molar-refractivity contribution in [3.05, 3.63) is 206 Å². The van der Waals surface area contributed by atoms with Gasteiger partial charge in [0.25, 0.3) is 0 Å². The van der Waals surface area contributed by atoms with Crippen LogP contribution in [-0.4, -0.2) is 9.55 Å². The second kappa shape index (κ2) is 14.5. The average molecular weight is 826 g/mol. The van der Waals surface area contributed by atoms with E-state index >= 15 is 0 Å². The molecule has 0 aliphatic carbocycles. The van der Waals surface area contributed by atoms with Crippen molar-refractivity contribution in [1.82, 2.24) is 9.55 Å². The average Bonchev–Trinajstić information content (AvgIpc) is 3.26.